The molecule has 9 rings (SSSR count). The predicted octanol–water partition coefficient (Wildman–Crippen LogP) is 11.1. The summed E-state index contributed by atoms with van der Waals surface area (Å²) in [6.07, 6.45) is 8.30. The highest BCUT2D eigenvalue weighted by Crippen LogP contribution is 2.55. The van der Waals surface area contributed by atoms with Gasteiger partial charge in [-0.1, -0.05) is 91.7 Å². The van der Waals surface area contributed by atoms with Gasteiger partial charge in [0.1, 0.15) is 18.0 Å². The van der Waals surface area contributed by atoms with Crippen LogP contribution in [0.4, 0.5) is 0 Å². The van der Waals surface area contributed by atoms with Crippen LogP contribution in [-0.4, -0.2) is 60.7 Å². The molecule has 4 N–H and O–H groups in total. The van der Waals surface area contributed by atoms with Crippen LogP contribution in [0.15, 0.2) is 121 Å². The summed E-state index contributed by atoms with van der Waals surface area (Å²) in [6.45, 7) is 2.13. The molecule has 6 aromatic rings. The van der Waals surface area contributed by atoms with Gasteiger partial charge < -0.3 is 39.6 Å². The molecule has 2 saturated carbocycles. The van der Waals surface area contributed by atoms with E-state index in [1.807, 2.05) is 67.7 Å². The lowest BCUT2D eigenvalue weighted by Gasteiger charge is -2.50. The number of ether oxygens (including phenoxy) is 4. The van der Waals surface area contributed by atoms with E-state index in [0.717, 1.165) is 68.1 Å². The van der Waals surface area contributed by atoms with E-state index in [1.54, 1.807) is 24.3 Å². The molecule has 5 atom stereocenters. The minimum atomic E-state index is -0.932. The van der Waals surface area contributed by atoms with Crippen molar-refractivity contribution in [1.82, 2.24) is 5.32 Å². The van der Waals surface area contributed by atoms with Crippen molar-refractivity contribution in [3.8, 4) is 39.9 Å². The summed E-state index contributed by atoms with van der Waals surface area (Å²) in [5, 5.41) is 37.8. The molecule has 0 saturated heterocycles. The molecule has 10 heteroatoms. The largest absolute Gasteiger partial charge is 0.508 e. The molecular weight excluding hydrogens is 855 g/mol. The second-order valence-electron chi connectivity index (χ2n) is 19.2. The van der Waals surface area contributed by atoms with Crippen LogP contribution in [-0.2, 0) is 43.9 Å². The molecule has 0 amide bonds. The number of nitrogens with one attached hydrogen (secondary N) is 1. The van der Waals surface area contributed by atoms with Gasteiger partial charge in [-0.2, -0.15) is 0 Å². The Morgan fingerprint density at radius 3 is 2.31 bits per heavy atom. The number of hydrogen-bond acceptors (Lipinski definition) is 10. The van der Waals surface area contributed by atoms with E-state index in [4.69, 9.17) is 18.9 Å². The highest BCUT2D eigenvalue weighted by atomic mass is 16.6. The summed E-state index contributed by atoms with van der Waals surface area (Å²) >= 11 is 0. The predicted molar refractivity (Wildman–Crippen MR) is 264 cm³/mol. The first-order chi connectivity index (χ1) is 32.9. The topological polar surface area (TPSA) is 144 Å². The first-order valence-electron chi connectivity index (χ1n) is 23.8. The number of aromatic hydroxyl groups is 3. The molecule has 0 spiro atoms. The van der Waals surface area contributed by atoms with Crippen LogP contribution in [0.5, 0.6) is 28.7 Å². The molecule has 10 nitrogen and oxygen atoms in total. The maximum absolute atomic E-state index is 15.4. The molecule has 5 unspecified atom stereocenters. The van der Waals surface area contributed by atoms with Crippen molar-refractivity contribution in [3.05, 3.63) is 155 Å². The zero-order valence-electron chi connectivity index (χ0n) is 39.3. The van der Waals surface area contributed by atoms with E-state index in [0.29, 0.717) is 56.6 Å². The fourth-order valence-corrected chi connectivity index (χ4v) is 11.7. The minimum Gasteiger partial charge on any atom is -0.508 e. The van der Waals surface area contributed by atoms with Crippen LogP contribution in [0.1, 0.15) is 91.2 Å². The van der Waals surface area contributed by atoms with Crippen molar-refractivity contribution in [2.45, 2.75) is 94.8 Å². The Kier molecular flexibility index (Phi) is 13.2. The SMILES string of the molecule is CNCc1cccc(-c2cc(O)cc3ccc(C4(C(=O)OC5CC(c6ccc(O)c(OC)c6)CC6(C=Cc7ccccc7)Cc7cc(O)c(OC)cc7CC6C(OC(C)=O)C5)CCCC4)cc23)c1. The van der Waals surface area contributed by atoms with Crippen molar-refractivity contribution in [1.29, 1.82) is 0 Å². The van der Waals surface area contributed by atoms with Gasteiger partial charge in [-0.15, -0.1) is 0 Å². The number of phenolic OH excluding ortho intramolecular Hbond substituents is 3. The summed E-state index contributed by atoms with van der Waals surface area (Å²) in [6, 6.07) is 37.2. The summed E-state index contributed by atoms with van der Waals surface area (Å²) in [5.41, 5.74) is 6.19. The number of carbonyl (C=O) groups excluding carboxylic acids is 2. The van der Waals surface area contributed by atoms with E-state index in [1.165, 1.54) is 21.1 Å². The smallest absolute Gasteiger partial charge is 0.316 e. The number of fused-ring (bicyclic) bond motifs is 3. The highest BCUT2D eigenvalue weighted by molar-refractivity contribution is 5.99. The van der Waals surface area contributed by atoms with Crippen molar-refractivity contribution in [2.24, 2.45) is 11.3 Å². The molecule has 6 aromatic carbocycles. The number of carbonyl (C=O) groups is 2. The number of phenols is 3. The van der Waals surface area contributed by atoms with Crippen LogP contribution in [0.2, 0.25) is 0 Å². The fraction of sp³-hybridized carbons (Fsp3) is 0.345. The summed E-state index contributed by atoms with van der Waals surface area (Å²) in [7, 11) is 4.98. The van der Waals surface area contributed by atoms with E-state index in [2.05, 4.69) is 47.8 Å². The van der Waals surface area contributed by atoms with Gasteiger partial charge in [0.05, 0.1) is 19.6 Å². The molecule has 68 heavy (non-hydrogen) atoms. The second-order valence-corrected chi connectivity index (χ2v) is 19.2. The van der Waals surface area contributed by atoms with Crippen LogP contribution in [0, 0.1) is 11.3 Å². The van der Waals surface area contributed by atoms with Gasteiger partial charge in [-0.25, -0.2) is 0 Å². The Morgan fingerprint density at radius 2 is 1.56 bits per heavy atom. The average Bonchev–Trinajstić information content (AvgIpc) is 3.84. The monoisotopic (exact) mass is 915 g/mol. The molecule has 0 radical (unpaired) electrons. The van der Waals surface area contributed by atoms with Gasteiger partial charge in [0.2, 0.25) is 0 Å². The molecule has 0 bridgehead atoms. The third-order valence-electron chi connectivity index (χ3n) is 14.9. The van der Waals surface area contributed by atoms with Crippen molar-refractivity contribution >= 4 is 28.8 Å². The Bertz CT molecular complexity index is 2850. The molecule has 3 aliphatic carbocycles. The van der Waals surface area contributed by atoms with Crippen LogP contribution >= 0.6 is 0 Å². The quantitative estimate of drug-likeness (QED) is 0.0876. The van der Waals surface area contributed by atoms with Crippen LogP contribution in [0.3, 0.4) is 0 Å². The molecule has 2 fully saturated rings. The number of rotatable bonds is 12. The first-order valence-corrected chi connectivity index (χ1v) is 23.8. The summed E-state index contributed by atoms with van der Waals surface area (Å²) in [4.78, 5) is 28.7. The normalized spacial score (nSPS) is 22.1. The number of benzene rings is 6. The van der Waals surface area contributed by atoms with Crippen molar-refractivity contribution in [3.63, 3.8) is 0 Å². The van der Waals surface area contributed by atoms with E-state index in [-0.39, 0.29) is 41.5 Å². The fourth-order valence-electron chi connectivity index (χ4n) is 11.7. The van der Waals surface area contributed by atoms with Gasteiger partial charge >= 0.3 is 11.9 Å². The van der Waals surface area contributed by atoms with Gasteiger partial charge in [0, 0.05) is 25.8 Å². The summed E-state index contributed by atoms with van der Waals surface area (Å²) < 4.78 is 24.6. The van der Waals surface area contributed by atoms with Crippen molar-refractivity contribution < 1.29 is 43.9 Å². The summed E-state index contributed by atoms with van der Waals surface area (Å²) in [5.74, 6) is -0.258. The molecule has 3 aliphatic rings. The lowest BCUT2D eigenvalue weighted by Crippen LogP contribution is -2.49. The molecule has 0 heterocycles. The third-order valence-corrected chi connectivity index (χ3v) is 14.9. The van der Waals surface area contributed by atoms with Crippen molar-refractivity contribution in [2.75, 3.05) is 21.3 Å². The number of hydrogen-bond donors (Lipinski definition) is 4. The standard InChI is InChI=1S/C58H61NO9/c1-36(60)67-53-32-47(68-56(64)58(20-8-9-21-58)45-17-15-41-24-46(61)31-49(48(41)30-45)40-14-10-13-38(23-40)35-59-2)25-43(39-16-18-51(62)54(28-39)65-3)33-57(22-19-37-11-6-5-7-12-37)34-44-27-52(63)55(66-4)29-42(44)26-50(53)57/h5-7,10-19,22-24,27-31,43,47,50,53,59,61-63H,8-9,20-21,25-26,32-35H2,1-4H3. The third kappa shape index (κ3) is 9.26. The average molecular weight is 916 g/mol. The zero-order chi connectivity index (χ0) is 47.6. The minimum absolute atomic E-state index is 0.0233. The van der Waals surface area contributed by atoms with Gasteiger partial charge in [-0.05, 0) is 161 Å². The van der Waals surface area contributed by atoms with Gasteiger partial charge in [0.15, 0.2) is 23.0 Å². The Balaban J connectivity index is 1.15. The van der Waals surface area contributed by atoms with E-state index < -0.39 is 29.0 Å². The number of esters is 2. The highest BCUT2D eigenvalue weighted by Gasteiger charge is 2.52. The Hall–Kier alpha value is -6.78. The number of methoxy groups -OCH3 is 2. The first kappa shape index (κ1) is 46.3. The van der Waals surface area contributed by atoms with E-state index in [9.17, 15) is 20.1 Å². The second kappa shape index (κ2) is 19.4. The van der Waals surface area contributed by atoms with Gasteiger partial charge in [0.25, 0.3) is 0 Å². The van der Waals surface area contributed by atoms with Crippen LogP contribution < -0.4 is 14.8 Å². The molecular formula is C58H61NO9. The lowest BCUT2D eigenvalue weighted by molar-refractivity contribution is -0.165. The molecule has 0 aromatic heterocycles. The molecule has 0 aliphatic heterocycles. The maximum Gasteiger partial charge on any atom is 0.316 e. The maximum atomic E-state index is 15.4. The Morgan fingerprint density at radius 1 is 0.779 bits per heavy atom. The van der Waals surface area contributed by atoms with E-state index >= 15 is 4.79 Å². The lowest BCUT2D eigenvalue weighted by atomic mass is 9.56. The number of allylic oxidation sites excluding steroid dienone is 1. The molecule has 352 valence electrons. The zero-order valence-corrected chi connectivity index (χ0v) is 39.3. The Labute approximate surface area is 398 Å². The van der Waals surface area contributed by atoms with Crippen LogP contribution in [0.25, 0.3) is 28.0 Å². The van der Waals surface area contributed by atoms with Gasteiger partial charge in [-0.3, -0.25) is 9.59 Å².